The minimum Gasteiger partial charge on any atom is -0.494 e. The van der Waals surface area contributed by atoms with Crippen molar-refractivity contribution in [1.29, 1.82) is 0 Å². The topological polar surface area (TPSA) is 46.5 Å². The average molecular weight is 248 g/mol. The van der Waals surface area contributed by atoms with Crippen LogP contribution in [-0.2, 0) is 4.79 Å². The second-order valence-electron chi connectivity index (χ2n) is 4.15. The minimum atomic E-state index is -0.944. The molecule has 0 aliphatic rings. The Labute approximate surface area is 108 Å². The Hall–Kier alpha value is -1.77. The van der Waals surface area contributed by atoms with Crippen molar-refractivity contribution in [1.82, 2.24) is 0 Å². The molecular weight excluding hydrogens is 228 g/mol. The number of carboxylic acid groups (broad SMARTS) is 1. The Morgan fingerprint density at radius 1 is 1.33 bits per heavy atom. The highest BCUT2D eigenvalue weighted by atomic mass is 16.5. The van der Waals surface area contributed by atoms with Crippen LogP contribution in [0.3, 0.4) is 0 Å². The second-order valence-corrected chi connectivity index (χ2v) is 4.15. The first kappa shape index (κ1) is 14.3. The molecule has 0 saturated carbocycles. The number of hydrogen-bond acceptors (Lipinski definition) is 2. The van der Waals surface area contributed by atoms with Crippen LogP contribution < -0.4 is 4.74 Å². The molecule has 0 fully saturated rings. The van der Waals surface area contributed by atoms with Gasteiger partial charge < -0.3 is 9.84 Å². The maximum atomic E-state index is 10.4. The lowest BCUT2D eigenvalue weighted by Gasteiger charge is -2.06. The van der Waals surface area contributed by atoms with Gasteiger partial charge in [-0.1, -0.05) is 38.3 Å². The van der Waals surface area contributed by atoms with Crippen LogP contribution in [0.1, 0.15) is 38.2 Å². The summed E-state index contributed by atoms with van der Waals surface area (Å²) >= 11 is 0. The number of ether oxygens (including phenoxy) is 1. The van der Waals surface area contributed by atoms with Gasteiger partial charge in [0, 0.05) is 6.08 Å². The molecule has 0 bridgehead atoms. The highest BCUT2D eigenvalue weighted by Crippen LogP contribution is 2.15. The Kier molecular flexibility index (Phi) is 6.62. The van der Waals surface area contributed by atoms with Crippen molar-refractivity contribution in [3.05, 3.63) is 35.9 Å². The highest BCUT2D eigenvalue weighted by molar-refractivity contribution is 5.85. The lowest BCUT2D eigenvalue weighted by Crippen LogP contribution is -1.97. The van der Waals surface area contributed by atoms with Gasteiger partial charge in [-0.25, -0.2) is 4.79 Å². The first-order chi connectivity index (χ1) is 8.72. The molecule has 3 nitrogen and oxygen atoms in total. The van der Waals surface area contributed by atoms with Crippen LogP contribution in [0.25, 0.3) is 6.08 Å². The first-order valence-corrected chi connectivity index (χ1v) is 6.36. The smallest absolute Gasteiger partial charge is 0.328 e. The third kappa shape index (κ3) is 6.09. The van der Waals surface area contributed by atoms with Gasteiger partial charge in [-0.3, -0.25) is 0 Å². The maximum Gasteiger partial charge on any atom is 0.328 e. The van der Waals surface area contributed by atoms with E-state index in [9.17, 15) is 4.79 Å². The number of hydrogen-bond donors (Lipinski definition) is 1. The molecule has 0 unspecified atom stereocenters. The van der Waals surface area contributed by atoms with Crippen molar-refractivity contribution >= 4 is 12.0 Å². The quantitative estimate of drug-likeness (QED) is 0.563. The molecule has 1 aromatic rings. The summed E-state index contributed by atoms with van der Waals surface area (Å²) in [6.45, 7) is 2.89. The SMILES string of the molecule is CCCCCCOc1cccc(C=CC(=O)O)c1. The van der Waals surface area contributed by atoms with E-state index in [0.29, 0.717) is 6.61 Å². The zero-order chi connectivity index (χ0) is 13.2. The fourth-order valence-corrected chi connectivity index (χ4v) is 1.59. The van der Waals surface area contributed by atoms with Crippen LogP contribution >= 0.6 is 0 Å². The molecule has 0 saturated heterocycles. The normalized spacial score (nSPS) is 10.7. The van der Waals surface area contributed by atoms with Crippen molar-refractivity contribution in [2.24, 2.45) is 0 Å². The van der Waals surface area contributed by atoms with Gasteiger partial charge in [0.15, 0.2) is 0 Å². The molecule has 0 aliphatic carbocycles. The van der Waals surface area contributed by atoms with Crippen molar-refractivity contribution in [2.75, 3.05) is 6.61 Å². The Morgan fingerprint density at radius 2 is 2.17 bits per heavy atom. The summed E-state index contributed by atoms with van der Waals surface area (Å²) in [6.07, 6.45) is 7.39. The summed E-state index contributed by atoms with van der Waals surface area (Å²) in [4.78, 5) is 10.4. The second kappa shape index (κ2) is 8.34. The Bertz CT molecular complexity index is 396. The van der Waals surface area contributed by atoms with Gasteiger partial charge in [0.25, 0.3) is 0 Å². The summed E-state index contributed by atoms with van der Waals surface area (Å²) in [7, 11) is 0. The van der Waals surface area contributed by atoms with Gasteiger partial charge in [-0.2, -0.15) is 0 Å². The van der Waals surface area contributed by atoms with Gasteiger partial charge in [-0.15, -0.1) is 0 Å². The molecular formula is C15H20O3. The van der Waals surface area contributed by atoms with E-state index < -0.39 is 5.97 Å². The Morgan fingerprint density at radius 3 is 2.89 bits per heavy atom. The van der Waals surface area contributed by atoms with Crippen LogP contribution in [0, 0.1) is 0 Å². The van der Waals surface area contributed by atoms with Gasteiger partial charge in [0.05, 0.1) is 6.61 Å². The van der Waals surface area contributed by atoms with E-state index in [-0.39, 0.29) is 0 Å². The molecule has 0 amide bonds. The van der Waals surface area contributed by atoms with Gasteiger partial charge >= 0.3 is 5.97 Å². The number of carboxylic acids is 1. The standard InChI is InChI=1S/C15H20O3/c1-2-3-4-5-11-18-14-8-6-7-13(12-14)9-10-15(16)17/h6-10,12H,2-5,11H2,1H3,(H,16,17). The minimum absolute atomic E-state index is 0.714. The number of aliphatic carboxylic acids is 1. The van der Waals surface area contributed by atoms with Crippen LogP contribution in [0.4, 0.5) is 0 Å². The third-order valence-corrected chi connectivity index (χ3v) is 2.54. The molecule has 0 radical (unpaired) electrons. The van der Waals surface area contributed by atoms with Crippen LogP contribution in [-0.4, -0.2) is 17.7 Å². The van der Waals surface area contributed by atoms with Crippen molar-refractivity contribution in [3.63, 3.8) is 0 Å². The fourth-order valence-electron chi connectivity index (χ4n) is 1.59. The summed E-state index contributed by atoms with van der Waals surface area (Å²) in [5.41, 5.74) is 0.837. The summed E-state index contributed by atoms with van der Waals surface area (Å²) < 4.78 is 5.62. The molecule has 0 spiro atoms. The lowest BCUT2D eigenvalue weighted by atomic mass is 10.2. The van der Waals surface area contributed by atoms with Crippen molar-refractivity contribution in [3.8, 4) is 5.75 Å². The summed E-state index contributed by atoms with van der Waals surface area (Å²) in [5, 5.41) is 8.55. The Balaban J connectivity index is 2.42. The fraction of sp³-hybridized carbons (Fsp3) is 0.400. The van der Waals surface area contributed by atoms with E-state index in [1.807, 2.05) is 24.3 Å². The molecule has 0 heterocycles. The number of carbonyl (C=O) groups is 1. The van der Waals surface area contributed by atoms with Crippen molar-refractivity contribution < 1.29 is 14.6 Å². The molecule has 1 rings (SSSR count). The molecule has 18 heavy (non-hydrogen) atoms. The molecule has 1 aromatic carbocycles. The molecule has 0 aliphatic heterocycles. The van der Waals surface area contributed by atoms with E-state index in [0.717, 1.165) is 23.8 Å². The molecule has 3 heteroatoms. The average Bonchev–Trinajstić information content (AvgIpc) is 2.37. The van der Waals surface area contributed by atoms with Crippen molar-refractivity contribution in [2.45, 2.75) is 32.6 Å². The maximum absolute atomic E-state index is 10.4. The highest BCUT2D eigenvalue weighted by Gasteiger charge is 1.96. The summed E-state index contributed by atoms with van der Waals surface area (Å²) in [6, 6.07) is 7.45. The van der Waals surface area contributed by atoms with Crippen LogP contribution in [0.15, 0.2) is 30.3 Å². The lowest BCUT2D eigenvalue weighted by molar-refractivity contribution is -0.131. The van der Waals surface area contributed by atoms with E-state index >= 15 is 0 Å². The van der Waals surface area contributed by atoms with E-state index in [1.54, 1.807) is 6.08 Å². The number of rotatable bonds is 8. The van der Waals surface area contributed by atoms with E-state index in [2.05, 4.69) is 6.92 Å². The van der Waals surface area contributed by atoms with Crippen LogP contribution in [0.2, 0.25) is 0 Å². The van der Waals surface area contributed by atoms with Crippen LogP contribution in [0.5, 0.6) is 5.75 Å². The van der Waals surface area contributed by atoms with Gasteiger partial charge in [-0.05, 0) is 30.2 Å². The predicted molar refractivity (Wildman–Crippen MR) is 72.7 cm³/mol. The predicted octanol–water partition coefficient (Wildman–Crippen LogP) is 3.74. The molecule has 98 valence electrons. The van der Waals surface area contributed by atoms with Gasteiger partial charge in [0.1, 0.15) is 5.75 Å². The van der Waals surface area contributed by atoms with Gasteiger partial charge in [0.2, 0.25) is 0 Å². The molecule has 0 atom stereocenters. The third-order valence-electron chi connectivity index (χ3n) is 2.54. The number of unbranched alkanes of at least 4 members (excludes halogenated alkanes) is 3. The largest absolute Gasteiger partial charge is 0.494 e. The van der Waals surface area contributed by atoms with E-state index in [4.69, 9.17) is 9.84 Å². The molecule has 1 N–H and O–H groups in total. The molecule has 0 aromatic heterocycles. The van der Waals surface area contributed by atoms with E-state index in [1.165, 1.54) is 19.3 Å². The monoisotopic (exact) mass is 248 g/mol. The number of benzene rings is 1. The zero-order valence-electron chi connectivity index (χ0n) is 10.8. The zero-order valence-corrected chi connectivity index (χ0v) is 10.8. The summed E-state index contributed by atoms with van der Waals surface area (Å²) in [5.74, 6) is -0.153. The first-order valence-electron chi connectivity index (χ1n) is 6.36.